The van der Waals surface area contributed by atoms with Gasteiger partial charge < -0.3 is 19.1 Å². The predicted octanol–water partition coefficient (Wildman–Crippen LogP) is 4.92. The molecule has 1 saturated heterocycles. The molecule has 8 nitrogen and oxygen atoms in total. The van der Waals surface area contributed by atoms with Crippen LogP contribution in [-0.4, -0.2) is 63.1 Å². The highest BCUT2D eigenvalue weighted by molar-refractivity contribution is 5.76. The fraction of sp³-hybridized carbons (Fsp3) is 0.571. The van der Waals surface area contributed by atoms with Crippen molar-refractivity contribution in [3.8, 4) is 5.88 Å². The number of carbonyl (C=O) groups excluding carboxylic acids is 1. The molecule has 4 rings (SSSR count). The lowest BCUT2D eigenvalue weighted by molar-refractivity contribution is -0.134. The summed E-state index contributed by atoms with van der Waals surface area (Å²) in [4.78, 5) is 31.6. The van der Waals surface area contributed by atoms with E-state index in [1.165, 1.54) is 19.3 Å². The third-order valence-corrected chi connectivity index (χ3v) is 7.57. The van der Waals surface area contributed by atoms with Crippen molar-refractivity contribution in [2.24, 2.45) is 0 Å². The summed E-state index contributed by atoms with van der Waals surface area (Å²) in [5.41, 5.74) is 1.75. The summed E-state index contributed by atoms with van der Waals surface area (Å²) >= 11 is 0. The lowest BCUT2D eigenvalue weighted by Crippen LogP contribution is -2.41. The van der Waals surface area contributed by atoms with E-state index in [0.29, 0.717) is 30.8 Å². The molecule has 0 radical (unpaired) electrons. The lowest BCUT2D eigenvalue weighted by Gasteiger charge is -2.34. The van der Waals surface area contributed by atoms with Crippen molar-refractivity contribution in [3.63, 3.8) is 0 Å². The van der Waals surface area contributed by atoms with Gasteiger partial charge in [-0.2, -0.15) is 4.98 Å². The van der Waals surface area contributed by atoms with Crippen LogP contribution in [0.3, 0.4) is 0 Å². The van der Waals surface area contributed by atoms with E-state index in [9.17, 15) is 4.79 Å². The number of methoxy groups -OCH3 is 1. The van der Waals surface area contributed by atoms with Gasteiger partial charge in [0.25, 0.3) is 0 Å². The smallest absolute Gasteiger partial charge is 0.228 e. The molecule has 2 aromatic rings. The van der Waals surface area contributed by atoms with E-state index in [0.717, 1.165) is 62.5 Å². The molecule has 36 heavy (non-hydrogen) atoms. The van der Waals surface area contributed by atoms with Gasteiger partial charge in [-0.1, -0.05) is 32.4 Å². The molecule has 1 aliphatic heterocycles. The Kier molecular flexibility index (Phi) is 8.78. The Hall–Kier alpha value is -3.16. The second-order valence-electron chi connectivity index (χ2n) is 9.71. The standard InChI is InChI=1S/C28H40N6O2/c1-5-23-24(6-2)34(19-16-26(35)33(7-3)22-13-9-8-10-14-22)27(30-23)21-12-11-18-32(20-21)28-29-17-15-25(31-28)36-4/h5-6,15,17,21-22H,1-2,7-14,16,18-20H2,3-4H3. The van der Waals surface area contributed by atoms with E-state index in [2.05, 4.69) is 44.4 Å². The average molecular weight is 493 g/mol. The Labute approximate surface area is 215 Å². The van der Waals surface area contributed by atoms with Crippen LogP contribution in [0.5, 0.6) is 5.88 Å². The minimum Gasteiger partial charge on any atom is -0.481 e. The Morgan fingerprint density at radius 1 is 1.17 bits per heavy atom. The minimum absolute atomic E-state index is 0.191. The predicted molar refractivity (Wildman–Crippen MR) is 144 cm³/mol. The summed E-state index contributed by atoms with van der Waals surface area (Å²) in [5.74, 6) is 2.64. The monoisotopic (exact) mass is 492 g/mol. The van der Waals surface area contributed by atoms with Gasteiger partial charge >= 0.3 is 0 Å². The van der Waals surface area contributed by atoms with Crippen molar-refractivity contribution < 1.29 is 9.53 Å². The van der Waals surface area contributed by atoms with Crippen molar-refractivity contribution in [2.45, 2.75) is 76.8 Å². The molecular formula is C28H40N6O2. The summed E-state index contributed by atoms with van der Waals surface area (Å²) in [6.45, 7) is 13.1. The summed E-state index contributed by atoms with van der Waals surface area (Å²) in [6, 6.07) is 2.14. The first-order valence-electron chi connectivity index (χ1n) is 13.4. The second-order valence-corrected chi connectivity index (χ2v) is 9.71. The number of hydrogen-bond acceptors (Lipinski definition) is 6. The molecule has 0 spiro atoms. The number of piperidine rings is 1. The fourth-order valence-electron chi connectivity index (χ4n) is 5.76. The van der Waals surface area contributed by atoms with Gasteiger partial charge in [-0.3, -0.25) is 4.79 Å². The quantitative estimate of drug-likeness (QED) is 0.468. The van der Waals surface area contributed by atoms with Gasteiger partial charge in [0.05, 0.1) is 18.5 Å². The van der Waals surface area contributed by atoms with Gasteiger partial charge in [-0.05, 0) is 44.8 Å². The third kappa shape index (κ3) is 5.63. The number of ether oxygens (including phenoxy) is 1. The van der Waals surface area contributed by atoms with Gasteiger partial charge in [0, 0.05) is 56.8 Å². The van der Waals surface area contributed by atoms with Crippen LogP contribution in [0.1, 0.15) is 81.4 Å². The molecule has 1 unspecified atom stereocenters. The largest absolute Gasteiger partial charge is 0.481 e. The van der Waals surface area contributed by atoms with Gasteiger partial charge in [0.15, 0.2) is 0 Å². The van der Waals surface area contributed by atoms with Crippen molar-refractivity contribution in [1.82, 2.24) is 24.4 Å². The first-order valence-corrected chi connectivity index (χ1v) is 13.4. The third-order valence-electron chi connectivity index (χ3n) is 7.57. The molecule has 1 saturated carbocycles. The van der Waals surface area contributed by atoms with Crippen LogP contribution in [0.2, 0.25) is 0 Å². The zero-order chi connectivity index (χ0) is 25.5. The Morgan fingerprint density at radius 2 is 1.97 bits per heavy atom. The molecule has 0 bridgehead atoms. The number of anilines is 1. The minimum atomic E-state index is 0.191. The summed E-state index contributed by atoms with van der Waals surface area (Å²) in [7, 11) is 1.62. The van der Waals surface area contributed by atoms with Crippen LogP contribution in [-0.2, 0) is 11.3 Å². The van der Waals surface area contributed by atoms with Crippen molar-refractivity contribution in [2.75, 3.05) is 31.6 Å². The summed E-state index contributed by atoms with van der Waals surface area (Å²) < 4.78 is 7.49. The number of imidazole rings is 1. The van der Waals surface area contributed by atoms with Crippen LogP contribution in [0, 0.1) is 0 Å². The number of carbonyl (C=O) groups is 1. The van der Waals surface area contributed by atoms with Crippen molar-refractivity contribution in [1.29, 1.82) is 0 Å². The van der Waals surface area contributed by atoms with Gasteiger partial charge in [0.2, 0.25) is 17.7 Å². The zero-order valence-corrected chi connectivity index (χ0v) is 21.9. The molecule has 2 aliphatic rings. The Balaban J connectivity index is 1.54. The van der Waals surface area contributed by atoms with E-state index < -0.39 is 0 Å². The fourth-order valence-corrected chi connectivity index (χ4v) is 5.76. The first kappa shape index (κ1) is 25.9. The molecule has 2 fully saturated rings. The average Bonchev–Trinajstić information content (AvgIpc) is 3.30. The van der Waals surface area contributed by atoms with E-state index in [-0.39, 0.29) is 11.8 Å². The molecule has 3 heterocycles. The Bertz CT molecular complexity index is 1060. The molecule has 8 heteroatoms. The second kappa shape index (κ2) is 12.2. The van der Waals surface area contributed by atoms with E-state index in [1.54, 1.807) is 25.4 Å². The molecule has 0 N–H and O–H groups in total. The van der Waals surface area contributed by atoms with Crippen LogP contribution >= 0.6 is 0 Å². The normalized spacial score (nSPS) is 18.6. The Morgan fingerprint density at radius 3 is 2.67 bits per heavy atom. The maximum Gasteiger partial charge on any atom is 0.228 e. The van der Waals surface area contributed by atoms with Crippen LogP contribution < -0.4 is 9.64 Å². The molecule has 1 aliphatic carbocycles. The highest BCUT2D eigenvalue weighted by Crippen LogP contribution is 2.31. The van der Waals surface area contributed by atoms with Crippen LogP contribution in [0.4, 0.5) is 5.95 Å². The summed E-state index contributed by atoms with van der Waals surface area (Å²) in [6.07, 6.45) is 13.8. The maximum absolute atomic E-state index is 13.3. The number of rotatable bonds is 10. The number of amides is 1. The highest BCUT2D eigenvalue weighted by Gasteiger charge is 2.29. The van der Waals surface area contributed by atoms with Crippen LogP contribution in [0.15, 0.2) is 25.4 Å². The van der Waals surface area contributed by atoms with Gasteiger partial charge in [0.1, 0.15) is 5.82 Å². The maximum atomic E-state index is 13.3. The number of aromatic nitrogens is 4. The molecule has 1 amide bonds. The molecule has 1 atom stereocenters. The highest BCUT2D eigenvalue weighted by atomic mass is 16.5. The zero-order valence-electron chi connectivity index (χ0n) is 21.9. The SMILES string of the molecule is C=Cc1nc(C2CCCN(c3nccc(OC)n3)C2)n(CCC(=O)N(CC)C2CCCCC2)c1C=C. The number of nitrogens with zero attached hydrogens (tertiary/aromatic N) is 6. The summed E-state index contributed by atoms with van der Waals surface area (Å²) in [5, 5.41) is 0. The van der Waals surface area contributed by atoms with Crippen molar-refractivity contribution in [3.05, 3.63) is 42.6 Å². The lowest BCUT2D eigenvalue weighted by atomic mass is 9.94. The first-order chi connectivity index (χ1) is 17.6. The molecule has 194 valence electrons. The van der Waals surface area contributed by atoms with E-state index in [4.69, 9.17) is 9.72 Å². The number of hydrogen-bond donors (Lipinski definition) is 0. The molecule has 2 aromatic heterocycles. The van der Waals surface area contributed by atoms with Crippen molar-refractivity contribution >= 4 is 24.0 Å². The molecule has 0 aromatic carbocycles. The topological polar surface area (TPSA) is 76.4 Å². The van der Waals surface area contributed by atoms with E-state index in [1.807, 2.05) is 6.08 Å². The van der Waals surface area contributed by atoms with Gasteiger partial charge in [-0.15, -0.1) is 0 Å². The molecular weight excluding hydrogens is 452 g/mol. The van der Waals surface area contributed by atoms with E-state index >= 15 is 0 Å². The van der Waals surface area contributed by atoms with Gasteiger partial charge in [-0.25, -0.2) is 9.97 Å². The van der Waals surface area contributed by atoms with Crippen LogP contribution in [0.25, 0.3) is 12.2 Å².